The highest BCUT2D eigenvalue weighted by Crippen LogP contribution is 2.39. The maximum atomic E-state index is 12.6. The Morgan fingerprint density at radius 3 is 2.04 bits per heavy atom. The first-order chi connectivity index (χ1) is 11.5. The van der Waals surface area contributed by atoms with Gasteiger partial charge in [0.15, 0.2) is 9.84 Å². The van der Waals surface area contributed by atoms with Crippen molar-refractivity contribution in [3.05, 3.63) is 29.8 Å². The third kappa shape index (κ3) is 5.30. The standard InChI is InChI=1S/C20H31NO3S/c1-14(15-8-12-18(13-9-15)25(5,23)24)21-19(22)16-6-10-17(11-7-16)20(2,3)4/h8-9,12-14,16-17H,6-7,10-11H2,1-5H3,(H,21,22)/t14-,16?,17?/m0/s1. The summed E-state index contributed by atoms with van der Waals surface area (Å²) in [6.45, 7) is 8.77. The molecular weight excluding hydrogens is 334 g/mol. The van der Waals surface area contributed by atoms with Crippen LogP contribution in [0.15, 0.2) is 29.2 Å². The van der Waals surface area contributed by atoms with Crippen LogP contribution in [0.2, 0.25) is 0 Å². The molecule has 0 heterocycles. The largest absolute Gasteiger partial charge is 0.349 e. The van der Waals surface area contributed by atoms with E-state index < -0.39 is 9.84 Å². The van der Waals surface area contributed by atoms with Gasteiger partial charge in [0.25, 0.3) is 0 Å². The molecule has 1 aliphatic rings. The first kappa shape index (κ1) is 20.0. The fourth-order valence-electron chi connectivity index (χ4n) is 3.64. The van der Waals surface area contributed by atoms with Gasteiger partial charge in [0.1, 0.15) is 0 Å². The molecule has 1 saturated carbocycles. The number of rotatable bonds is 4. The Bertz CT molecular complexity index is 693. The van der Waals surface area contributed by atoms with Crippen LogP contribution in [-0.4, -0.2) is 20.6 Å². The second-order valence-electron chi connectivity index (χ2n) is 8.49. The molecule has 0 bridgehead atoms. The number of hydrogen-bond donors (Lipinski definition) is 1. The van der Waals surface area contributed by atoms with Crippen LogP contribution in [0.3, 0.4) is 0 Å². The molecule has 5 heteroatoms. The number of carbonyl (C=O) groups is 1. The van der Waals surface area contributed by atoms with E-state index in [0.717, 1.165) is 31.2 Å². The van der Waals surface area contributed by atoms with Crippen LogP contribution in [0.4, 0.5) is 0 Å². The van der Waals surface area contributed by atoms with E-state index in [2.05, 4.69) is 26.1 Å². The van der Waals surface area contributed by atoms with Gasteiger partial charge in [-0.1, -0.05) is 32.9 Å². The molecule has 4 nitrogen and oxygen atoms in total. The van der Waals surface area contributed by atoms with Crippen LogP contribution in [0.25, 0.3) is 0 Å². The van der Waals surface area contributed by atoms with Crippen molar-refractivity contribution in [3.8, 4) is 0 Å². The topological polar surface area (TPSA) is 63.2 Å². The van der Waals surface area contributed by atoms with Crippen LogP contribution in [-0.2, 0) is 14.6 Å². The van der Waals surface area contributed by atoms with Crippen molar-refractivity contribution in [2.24, 2.45) is 17.3 Å². The second-order valence-corrected chi connectivity index (χ2v) is 10.5. The first-order valence-corrected chi connectivity index (χ1v) is 11.0. The zero-order valence-electron chi connectivity index (χ0n) is 16.0. The van der Waals surface area contributed by atoms with E-state index in [-0.39, 0.29) is 17.9 Å². The van der Waals surface area contributed by atoms with E-state index in [1.54, 1.807) is 24.3 Å². The molecule has 1 atom stereocenters. The van der Waals surface area contributed by atoms with Crippen molar-refractivity contribution in [2.75, 3.05) is 6.26 Å². The number of sulfone groups is 1. The van der Waals surface area contributed by atoms with Crippen LogP contribution in [0, 0.1) is 17.3 Å². The van der Waals surface area contributed by atoms with Crippen molar-refractivity contribution in [3.63, 3.8) is 0 Å². The fourth-order valence-corrected chi connectivity index (χ4v) is 4.27. The lowest BCUT2D eigenvalue weighted by molar-refractivity contribution is -0.127. The Hall–Kier alpha value is -1.36. The molecule has 2 rings (SSSR count). The number of benzene rings is 1. The van der Waals surface area contributed by atoms with Gasteiger partial charge in [-0.3, -0.25) is 4.79 Å². The molecule has 1 fully saturated rings. The molecule has 1 aliphatic carbocycles. The van der Waals surface area contributed by atoms with Gasteiger partial charge in [-0.25, -0.2) is 8.42 Å². The number of nitrogens with one attached hydrogen (secondary N) is 1. The monoisotopic (exact) mass is 365 g/mol. The van der Waals surface area contributed by atoms with E-state index in [0.29, 0.717) is 16.2 Å². The highest BCUT2D eigenvalue weighted by Gasteiger charge is 2.32. The molecular formula is C20H31NO3S. The Morgan fingerprint density at radius 2 is 1.60 bits per heavy atom. The normalized spacial score (nSPS) is 23.1. The van der Waals surface area contributed by atoms with Crippen molar-refractivity contribution in [1.82, 2.24) is 5.32 Å². The van der Waals surface area contributed by atoms with Crippen molar-refractivity contribution < 1.29 is 13.2 Å². The quantitative estimate of drug-likeness (QED) is 0.873. The Labute approximate surface area is 152 Å². The Morgan fingerprint density at radius 1 is 1.08 bits per heavy atom. The summed E-state index contributed by atoms with van der Waals surface area (Å²) >= 11 is 0. The third-order valence-corrected chi connectivity index (χ3v) is 6.62. The molecule has 1 aromatic rings. The SMILES string of the molecule is C[C@H](NC(=O)C1CCC(C(C)(C)C)CC1)c1ccc(S(C)(=O)=O)cc1. The lowest BCUT2D eigenvalue weighted by Crippen LogP contribution is -2.36. The highest BCUT2D eigenvalue weighted by molar-refractivity contribution is 7.90. The summed E-state index contributed by atoms with van der Waals surface area (Å²) in [6.07, 6.45) is 5.32. The zero-order chi connectivity index (χ0) is 18.8. The van der Waals surface area contributed by atoms with Gasteiger partial charge in [-0.05, 0) is 61.6 Å². The maximum absolute atomic E-state index is 12.6. The van der Waals surface area contributed by atoms with Crippen LogP contribution >= 0.6 is 0 Å². The van der Waals surface area contributed by atoms with E-state index in [1.807, 2.05) is 6.92 Å². The average Bonchev–Trinajstić information content (AvgIpc) is 2.53. The minimum absolute atomic E-state index is 0.0938. The van der Waals surface area contributed by atoms with Gasteiger partial charge < -0.3 is 5.32 Å². The summed E-state index contributed by atoms with van der Waals surface area (Å²) in [5, 5.41) is 3.09. The lowest BCUT2D eigenvalue weighted by Gasteiger charge is -2.36. The molecule has 0 spiro atoms. The number of hydrogen-bond acceptors (Lipinski definition) is 3. The number of amides is 1. The van der Waals surface area contributed by atoms with Crippen molar-refractivity contribution >= 4 is 15.7 Å². The van der Waals surface area contributed by atoms with E-state index >= 15 is 0 Å². The summed E-state index contributed by atoms with van der Waals surface area (Å²) in [4.78, 5) is 12.9. The third-order valence-electron chi connectivity index (χ3n) is 5.49. The Kier molecular flexibility index (Phi) is 5.97. The van der Waals surface area contributed by atoms with Crippen LogP contribution in [0.5, 0.6) is 0 Å². The minimum Gasteiger partial charge on any atom is -0.349 e. The van der Waals surface area contributed by atoms with E-state index in [4.69, 9.17) is 0 Å². The molecule has 0 radical (unpaired) electrons. The molecule has 140 valence electrons. The fraction of sp³-hybridized carbons (Fsp3) is 0.650. The molecule has 0 saturated heterocycles. The van der Waals surface area contributed by atoms with Gasteiger partial charge in [-0.15, -0.1) is 0 Å². The van der Waals surface area contributed by atoms with Gasteiger partial charge in [0, 0.05) is 12.2 Å². The van der Waals surface area contributed by atoms with Crippen LogP contribution in [0.1, 0.15) is 65.0 Å². The smallest absolute Gasteiger partial charge is 0.223 e. The molecule has 0 unspecified atom stereocenters. The Balaban J connectivity index is 1.92. The minimum atomic E-state index is -3.19. The average molecular weight is 366 g/mol. The first-order valence-electron chi connectivity index (χ1n) is 9.09. The van der Waals surface area contributed by atoms with E-state index in [1.165, 1.54) is 6.26 Å². The van der Waals surface area contributed by atoms with Gasteiger partial charge >= 0.3 is 0 Å². The number of carbonyl (C=O) groups excluding carboxylic acids is 1. The zero-order valence-corrected chi connectivity index (χ0v) is 16.8. The maximum Gasteiger partial charge on any atom is 0.223 e. The predicted molar refractivity (Wildman–Crippen MR) is 101 cm³/mol. The summed E-state index contributed by atoms with van der Waals surface area (Å²) in [5.74, 6) is 0.904. The second kappa shape index (κ2) is 7.48. The molecule has 0 aliphatic heterocycles. The van der Waals surface area contributed by atoms with Crippen molar-refractivity contribution in [1.29, 1.82) is 0 Å². The molecule has 0 aromatic heterocycles. The molecule has 25 heavy (non-hydrogen) atoms. The highest BCUT2D eigenvalue weighted by atomic mass is 32.2. The molecule has 1 aromatic carbocycles. The summed E-state index contributed by atoms with van der Waals surface area (Å²) < 4.78 is 23.1. The summed E-state index contributed by atoms with van der Waals surface area (Å²) in [5.41, 5.74) is 1.24. The van der Waals surface area contributed by atoms with Crippen LogP contribution < -0.4 is 5.32 Å². The summed E-state index contributed by atoms with van der Waals surface area (Å²) in [6, 6.07) is 6.63. The molecule has 1 amide bonds. The van der Waals surface area contributed by atoms with Gasteiger partial charge in [-0.2, -0.15) is 0 Å². The van der Waals surface area contributed by atoms with Gasteiger partial charge in [0.05, 0.1) is 10.9 Å². The lowest BCUT2D eigenvalue weighted by atomic mass is 9.69. The predicted octanol–water partition coefficient (Wildman–Crippen LogP) is 4.12. The molecule has 1 N–H and O–H groups in total. The summed E-state index contributed by atoms with van der Waals surface area (Å²) in [7, 11) is -3.19. The van der Waals surface area contributed by atoms with Crippen molar-refractivity contribution in [2.45, 2.75) is 64.3 Å². The van der Waals surface area contributed by atoms with E-state index in [9.17, 15) is 13.2 Å². The van der Waals surface area contributed by atoms with Gasteiger partial charge in [0.2, 0.25) is 5.91 Å².